The normalized spacial score (nSPS) is 46.1. The molecule has 306 valence electrons. The van der Waals surface area contributed by atoms with Gasteiger partial charge in [0.15, 0.2) is 24.0 Å². The summed E-state index contributed by atoms with van der Waals surface area (Å²) >= 11 is 0. The van der Waals surface area contributed by atoms with E-state index >= 15 is 0 Å². The van der Waals surface area contributed by atoms with E-state index in [-0.39, 0.29) is 30.4 Å². The standard InChI is InChI=1S/C40H69NO12/c1-16-28-40(12,47-15)33(43)23(6)31-21(4)18-39(11,53-31)35(52-37-30(42)27(17-22(5)48-37)41(13)20(2)3)24(7)32(25(8)36(45)50-28)51-29-19-38(10,46-14)34(44)26(9)49-29/h20,22-30,32,34-35,37,42,44H,16-19H2,1-15H3/t22-,23-,24+,25-,26+,27+,28+,29?,30-,32+,34+,35-,37+,38-,39?,40-/m1/s1. The highest BCUT2D eigenvalue weighted by Crippen LogP contribution is 2.47. The van der Waals surface area contributed by atoms with E-state index in [1.165, 1.54) is 14.2 Å². The van der Waals surface area contributed by atoms with Crippen molar-refractivity contribution in [1.29, 1.82) is 0 Å². The molecule has 0 aromatic rings. The van der Waals surface area contributed by atoms with Crippen LogP contribution in [-0.4, -0.2) is 132 Å². The zero-order valence-electron chi connectivity index (χ0n) is 34.8. The number of Topliss-reactive ketones (excluding diaryl/α,β-unsaturated/α-hetero) is 1. The molecule has 0 aliphatic carbocycles. The molecule has 2 N–H and O–H groups in total. The number of methoxy groups -OCH3 is 2. The highest BCUT2D eigenvalue weighted by Gasteiger charge is 2.56. The number of fused-ring (bicyclic) bond motifs is 2. The van der Waals surface area contributed by atoms with Crippen LogP contribution in [0.5, 0.6) is 0 Å². The van der Waals surface area contributed by atoms with Crippen molar-refractivity contribution in [3.63, 3.8) is 0 Å². The molecule has 13 nitrogen and oxygen atoms in total. The predicted molar refractivity (Wildman–Crippen MR) is 197 cm³/mol. The maximum absolute atomic E-state index is 14.4. The summed E-state index contributed by atoms with van der Waals surface area (Å²) in [6.07, 6.45) is -5.84. The zero-order valence-corrected chi connectivity index (χ0v) is 34.8. The average Bonchev–Trinajstić information content (AvgIpc) is 3.43. The number of hydrogen-bond acceptors (Lipinski definition) is 13. The summed E-state index contributed by atoms with van der Waals surface area (Å²) in [5.41, 5.74) is -2.66. The third kappa shape index (κ3) is 8.54. The largest absolute Gasteiger partial charge is 0.488 e. The minimum Gasteiger partial charge on any atom is -0.488 e. The molecule has 0 spiro atoms. The molecular weight excluding hydrogens is 686 g/mol. The van der Waals surface area contributed by atoms with Gasteiger partial charge in [0, 0.05) is 45.1 Å². The Morgan fingerprint density at radius 3 is 2.19 bits per heavy atom. The molecular formula is C40H69NO12. The first kappa shape index (κ1) is 44.0. The van der Waals surface area contributed by atoms with Gasteiger partial charge in [-0.2, -0.15) is 0 Å². The number of ketones is 1. The molecule has 4 rings (SSSR count). The Morgan fingerprint density at radius 1 is 0.981 bits per heavy atom. The van der Waals surface area contributed by atoms with E-state index in [1.807, 2.05) is 41.7 Å². The number of esters is 1. The van der Waals surface area contributed by atoms with Gasteiger partial charge in [0.2, 0.25) is 0 Å². The van der Waals surface area contributed by atoms with E-state index in [1.54, 1.807) is 34.6 Å². The van der Waals surface area contributed by atoms with Crippen molar-refractivity contribution >= 4 is 11.8 Å². The molecule has 3 fully saturated rings. The average molecular weight is 756 g/mol. The summed E-state index contributed by atoms with van der Waals surface area (Å²) in [4.78, 5) is 30.8. The highest BCUT2D eigenvalue weighted by molar-refractivity contribution is 5.92. The Hall–Kier alpha value is -1.68. The molecule has 0 saturated carbocycles. The van der Waals surface area contributed by atoms with Crippen LogP contribution in [0.4, 0.5) is 0 Å². The Balaban J connectivity index is 1.86. The van der Waals surface area contributed by atoms with Gasteiger partial charge in [0.1, 0.15) is 35.8 Å². The predicted octanol–water partition coefficient (Wildman–Crippen LogP) is 4.53. The van der Waals surface area contributed by atoms with Gasteiger partial charge in [-0.15, -0.1) is 0 Å². The van der Waals surface area contributed by atoms with E-state index in [9.17, 15) is 19.8 Å². The number of hydrogen-bond donors (Lipinski definition) is 2. The number of ether oxygens (including phenoxy) is 8. The van der Waals surface area contributed by atoms with Crippen molar-refractivity contribution in [3.05, 3.63) is 11.3 Å². The minimum absolute atomic E-state index is 0.164. The number of rotatable bonds is 9. The molecule has 4 aliphatic rings. The molecule has 53 heavy (non-hydrogen) atoms. The molecule has 3 saturated heterocycles. The minimum atomic E-state index is -1.48. The molecule has 4 heterocycles. The molecule has 0 amide bonds. The first-order valence-corrected chi connectivity index (χ1v) is 19.5. The lowest BCUT2D eigenvalue weighted by Gasteiger charge is -2.49. The summed E-state index contributed by atoms with van der Waals surface area (Å²) in [6.45, 7) is 22.5. The topological polar surface area (TPSA) is 152 Å². The lowest BCUT2D eigenvalue weighted by Crippen LogP contribution is -2.61. The van der Waals surface area contributed by atoms with Gasteiger partial charge in [-0.25, -0.2) is 0 Å². The molecule has 0 aromatic heterocycles. The second kappa shape index (κ2) is 16.8. The Kier molecular flexibility index (Phi) is 14.0. The van der Waals surface area contributed by atoms with Crippen molar-refractivity contribution in [3.8, 4) is 0 Å². The van der Waals surface area contributed by atoms with E-state index < -0.39 is 89.7 Å². The van der Waals surface area contributed by atoms with Gasteiger partial charge in [0.05, 0.1) is 35.7 Å². The van der Waals surface area contributed by atoms with Gasteiger partial charge in [-0.05, 0) is 94.7 Å². The van der Waals surface area contributed by atoms with Crippen LogP contribution >= 0.6 is 0 Å². The Labute approximate surface area is 317 Å². The third-order valence-electron chi connectivity index (χ3n) is 12.8. The second-order valence-corrected chi connectivity index (χ2v) is 17.1. The van der Waals surface area contributed by atoms with Gasteiger partial charge >= 0.3 is 5.97 Å². The van der Waals surface area contributed by atoms with Crippen LogP contribution in [0.25, 0.3) is 0 Å². The van der Waals surface area contributed by atoms with Crippen molar-refractivity contribution in [2.24, 2.45) is 17.8 Å². The maximum atomic E-state index is 14.4. The number of allylic oxidation sites excluding steroid dienone is 1. The summed E-state index contributed by atoms with van der Waals surface area (Å²) in [6, 6.07) is -0.0782. The fourth-order valence-electron chi connectivity index (χ4n) is 9.05. The van der Waals surface area contributed by atoms with Crippen molar-refractivity contribution in [2.75, 3.05) is 21.3 Å². The van der Waals surface area contributed by atoms with Crippen LogP contribution in [0.1, 0.15) is 109 Å². The number of carbonyl (C=O) groups excluding carboxylic acids is 2. The second-order valence-electron chi connectivity index (χ2n) is 17.1. The number of likely N-dealkylation sites (N-methyl/N-ethyl adjacent to an activating group) is 1. The van der Waals surface area contributed by atoms with Crippen LogP contribution in [0.2, 0.25) is 0 Å². The smallest absolute Gasteiger partial charge is 0.311 e. The first-order chi connectivity index (χ1) is 24.6. The monoisotopic (exact) mass is 755 g/mol. The van der Waals surface area contributed by atoms with Gasteiger partial charge in [-0.1, -0.05) is 13.8 Å². The molecule has 4 aliphatic heterocycles. The summed E-state index contributed by atoms with van der Waals surface area (Å²) in [5.74, 6) is -2.59. The molecule has 16 atom stereocenters. The fraction of sp³-hybridized carbons (Fsp3) is 0.900. The van der Waals surface area contributed by atoms with Crippen LogP contribution in [0.3, 0.4) is 0 Å². The van der Waals surface area contributed by atoms with E-state index in [2.05, 4.69) is 18.7 Å². The van der Waals surface area contributed by atoms with Crippen LogP contribution in [0.15, 0.2) is 11.3 Å². The molecule has 2 bridgehead atoms. The molecule has 2 unspecified atom stereocenters. The molecule has 13 heteroatoms. The maximum Gasteiger partial charge on any atom is 0.311 e. The lowest BCUT2D eigenvalue weighted by atomic mass is 9.79. The number of carbonyl (C=O) groups is 2. The Morgan fingerprint density at radius 2 is 1.62 bits per heavy atom. The Bertz CT molecular complexity index is 1330. The number of aliphatic hydroxyl groups is 2. The zero-order chi connectivity index (χ0) is 40.0. The van der Waals surface area contributed by atoms with E-state index in [0.29, 0.717) is 25.0 Å². The van der Waals surface area contributed by atoms with Gasteiger partial charge in [0.25, 0.3) is 0 Å². The fourth-order valence-corrected chi connectivity index (χ4v) is 9.05. The molecule has 0 aromatic carbocycles. The van der Waals surface area contributed by atoms with Crippen molar-refractivity contribution in [2.45, 2.75) is 193 Å². The number of nitrogens with zero attached hydrogens (tertiary/aromatic N) is 1. The lowest BCUT2D eigenvalue weighted by molar-refractivity contribution is -0.317. The van der Waals surface area contributed by atoms with E-state index in [0.717, 1.165) is 5.57 Å². The van der Waals surface area contributed by atoms with Crippen molar-refractivity contribution in [1.82, 2.24) is 4.90 Å². The number of cyclic esters (lactones) is 1. The SMILES string of the molecule is CC[C@@H]1OC(=O)[C@H](C)[C@@H](OC2C[C@@](C)(OC)[C@@H](O)[C@H](C)O2)[C@H](C)[C@@H](O[C@@H]2O[C@H](C)C[C@H](N(C)C(C)C)[C@H]2O)C2(C)CC(C)=C(O2)[C@@H](C)C(=O)[C@]1(C)OC. The van der Waals surface area contributed by atoms with Crippen LogP contribution in [-0.2, 0) is 47.5 Å². The number of aliphatic hydroxyl groups excluding tert-OH is 2. The van der Waals surface area contributed by atoms with Crippen molar-refractivity contribution < 1.29 is 57.7 Å². The van der Waals surface area contributed by atoms with Crippen LogP contribution in [0, 0.1) is 17.8 Å². The van der Waals surface area contributed by atoms with E-state index in [4.69, 9.17) is 37.9 Å². The van der Waals surface area contributed by atoms with Gasteiger partial charge in [-0.3, -0.25) is 14.5 Å². The van der Waals surface area contributed by atoms with Crippen LogP contribution < -0.4 is 0 Å². The molecule has 0 radical (unpaired) electrons. The summed E-state index contributed by atoms with van der Waals surface area (Å²) in [7, 11) is 4.97. The summed E-state index contributed by atoms with van der Waals surface area (Å²) in [5, 5.41) is 22.8. The summed E-state index contributed by atoms with van der Waals surface area (Å²) < 4.78 is 51.1. The highest BCUT2D eigenvalue weighted by atomic mass is 16.7. The van der Waals surface area contributed by atoms with Gasteiger partial charge < -0.3 is 48.1 Å². The third-order valence-corrected chi connectivity index (χ3v) is 12.8. The quantitative estimate of drug-likeness (QED) is 0.318. The first-order valence-electron chi connectivity index (χ1n) is 19.5.